The Hall–Kier alpha value is -0.210. The van der Waals surface area contributed by atoms with Crippen molar-refractivity contribution in [3.05, 3.63) is 48.0 Å². The molecule has 0 aliphatic carbocycles. The summed E-state index contributed by atoms with van der Waals surface area (Å²) < 4.78 is -1.71. The summed E-state index contributed by atoms with van der Waals surface area (Å²) in [6.45, 7) is 3.64. The molecule has 4 heteroatoms. The summed E-state index contributed by atoms with van der Waals surface area (Å²) >= 11 is 16.9. The first-order chi connectivity index (χ1) is 6.96. The molecule has 1 nitrogen and oxygen atoms in total. The second kappa shape index (κ2) is 5.22. The monoisotopic (exact) mass is 264 g/mol. The van der Waals surface area contributed by atoms with Crippen LogP contribution in [0.2, 0.25) is 0 Å². The Labute approximate surface area is 104 Å². The third kappa shape index (κ3) is 3.39. The molecule has 0 saturated carbocycles. The first-order valence-corrected chi connectivity index (χ1v) is 5.53. The molecule has 0 spiro atoms. The molecule has 1 rings (SSSR count). The Balaban J connectivity index is 3.07. The van der Waals surface area contributed by atoms with Gasteiger partial charge < -0.3 is 5.11 Å². The van der Waals surface area contributed by atoms with Crippen molar-refractivity contribution in [2.75, 3.05) is 0 Å². The average molecular weight is 266 g/mol. The second-order valence-corrected chi connectivity index (χ2v) is 5.50. The molecule has 15 heavy (non-hydrogen) atoms. The number of allylic oxidation sites excluding steroid dienone is 1. The zero-order chi connectivity index (χ0) is 11.5. The summed E-state index contributed by atoms with van der Waals surface area (Å²) in [5, 5.41) is 9.83. The van der Waals surface area contributed by atoms with E-state index < -0.39 is 9.90 Å². The van der Waals surface area contributed by atoms with E-state index in [-0.39, 0.29) is 0 Å². The maximum atomic E-state index is 9.83. The topological polar surface area (TPSA) is 20.2 Å². The maximum absolute atomic E-state index is 9.83. The van der Waals surface area contributed by atoms with Gasteiger partial charge in [0.05, 0.1) is 0 Å². The fourth-order valence-electron chi connectivity index (χ4n) is 1.32. The van der Waals surface area contributed by atoms with Gasteiger partial charge in [-0.2, -0.15) is 0 Å². The summed E-state index contributed by atoms with van der Waals surface area (Å²) in [4.78, 5) is 0. The van der Waals surface area contributed by atoms with Crippen LogP contribution in [0.5, 0.6) is 0 Å². The van der Waals surface area contributed by atoms with E-state index >= 15 is 0 Å². The van der Waals surface area contributed by atoms with Crippen LogP contribution in [0.4, 0.5) is 0 Å². The van der Waals surface area contributed by atoms with Gasteiger partial charge >= 0.3 is 0 Å². The number of halogens is 3. The molecule has 1 atom stereocenters. The minimum Gasteiger partial charge on any atom is -0.384 e. The zero-order valence-electron chi connectivity index (χ0n) is 7.96. The molecule has 1 N–H and O–H groups in total. The predicted octanol–water partition coefficient (Wildman–Crippen LogP) is 3.82. The Bertz CT molecular complexity index is 344. The summed E-state index contributed by atoms with van der Waals surface area (Å²) in [5.74, 6) is 0. The lowest BCUT2D eigenvalue weighted by Crippen LogP contribution is -2.17. The van der Waals surface area contributed by atoms with Crippen LogP contribution in [0.1, 0.15) is 17.2 Å². The molecule has 0 radical (unpaired) electrons. The van der Waals surface area contributed by atoms with Gasteiger partial charge in [0.15, 0.2) is 0 Å². The first-order valence-electron chi connectivity index (χ1n) is 4.40. The van der Waals surface area contributed by atoms with Crippen molar-refractivity contribution in [1.29, 1.82) is 0 Å². The molecule has 0 heterocycles. The van der Waals surface area contributed by atoms with E-state index in [0.29, 0.717) is 12.0 Å². The highest BCUT2D eigenvalue weighted by Crippen LogP contribution is 2.40. The van der Waals surface area contributed by atoms with Gasteiger partial charge in [-0.05, 0) is 17.5 Å². The molecule has 0 aliphatic rings. The number of aliphatic hydroxyl groups excluding tert-OH is 1. The molecular weight excluding hydrogens is 254 g/mol. The van der Waals surface area contributed by atoms with E-state index in [0.717, 1.165) is 5.56 Å². The lowest BCUT2D eigenvalue weighted by Gasteiger charge is -2.21. The zero-order valence-corrected chi connectivity index (χ0v) is 10.2. The number of hydrogen-bond donors (Lipinski definition) is 1. The van der Waals surface area contributed by atoms with Gasteiger partial charge in [0, 0.05) is 0 Å². The SMILES string of the molecule is C=CCc1ccccc1C(O)C(Cl)(Cl)Cl. The largest absolute Gasteiger partial charge is 0.384 e. The standard InChI is InChI=1S/C11H11Cl3O/c1-2-5-8-6-3-4-7-9(8)10(15)11(12,13)14/h2-4,6-7,10,15H,1,5H2. The van der Waals surface area contributed by atoms with Crippen LogP contribution >= 0.6 is 34.8 Å². The van der Waals surface area contributed by atoms with Crippen LogP contribution in [-0.4, -0.2) is 8.90 Å². The van der Waals surface area contributed by atoms with Crippen LogP contribution in [-0.2, 0) is 6.42 Å². The molecule has 0 fully saturated rings. The van der Waals surface area contributed by atoms with Crippen molar-refractivity contribution >= 4 is 34.8 Å². The Morgan fingerprint density at radius 2 is 1.93 bits per heavy atom. The Kier molecular flexibility index (Phi) is 4.47. The molecule has 0 amide bonds. The van der Waals surface area contributed by atoms with Gasteiger partial charge in [-0.1, -0.05) is 65.1 Å². The van der Waals surface area contributed by atoms with Gasteiger partial charge in [-0.3, -0.25) is 0 Å². The third-order valence-electron chi connectivity index (χ3n) is 2.02. The summed E-state index contributed by atoms with van der Waals surface area (Å²) in [6, 6.07) is 7.27. The number of benzene rings is 1. The van der Waals surface area contributed by atoms with Gasteiger partial charge in [-0.25, -0.2) is 0 Å². The van der Waals surface area contributed by atoms with E-state index in [2.05, 4.69) is 6.58 Å². The van der Waals surface area contributed by atoms with Crippen LogP contribution in [0.3, 0.4) is 0 Å². The van der Waals surface area contributed by atoms with Crippen LogP contribution in [0.25, 0.3) is 0 Å². The van der Waals surface area contributed by atoms with Crippen molar-refractivity contribution < 1.29 is 5.11 Å². The minimum atomic E-state index is -1.71. The summed E-state index contributed by atoms with van der Waals surface area (Å²) in [7, 11) is 0. The van der Waals surface area contributed by atoms with Crippen molar-refractivity contribution in [2.24, 2.45) is 0 Å². The third-order valence-corrected chi connectivity index (χ3v) is 2.64. The Morgan fingerprint density at radius 3 is 2.47 bits per heavy atom. The van der Waals surface area contributed by atoms with Crippen molar-refractivity contribution in [3.63, 3.8) is 0 Å². The number of aliphatic hydroxyl groups is 1. The van der Waals surface area contributed by atoms with Gasteiger partial charge in [0.25, 0.3) is 0 Å². The molecule has 0 aliphatic heterocycles. The molecule has 1 unspecified atom stereocenters. The first kappa shape index (κ1) is 12.9. The highest BCUT2D eigenvalue weighted by molar-refractivity contribution is 6.68. The maximum Gasteiger partial charge on any atom is 0.220 e. The molecule has 1 aromatic carbocycles. The number of rotatable bonds is 3. The molecule has 0 bridgehead atoms. The van der Waals surface area contributed by atoms with E-state index in [1.54, 1.807) is 18.2 Å². The van der Waals surface area contributed by atoms with E-state index in [9.17, 15) is 5.11 Å². The van der Waals surface area contributed by atoms with Crippen molar-refractivity contribution in [2.45, 2.75) is 16.3 Å². The van der Waals surface area contributed by atoms with E-state index in [4.69, 9.17) is 34.8 Å². The van der Waals surface area contributed by atoms with Gasteiger partial charge in [-0.15, -0.1) is 6.58 Å². The molecule has 0 saturated heterocycles. The lowest BCUT2D eigenvalue weighted by molar-refractivity contribution is 0.181. The summed E-state index contributed by atoms with van der Waals surface area (Å²) in [6.07, 6.45) is 1.25. The molecule has 82 valence electrons. The van der Waals surface area contributed by atoms with Crippen LogP contribution < -0.4 is 0 Å². The van der Waals surface area contributed by atoms with Crippen molar-refractivity contribution in [1.82, 2.24) is 0 Å². The highest BCUT2D eigenvalue weighted by Gasteiger charge is 2.33. The van der Waals surface area contributed by atoms with Crippen molar-refractivity contribution in [3.8, 4) is 0 Å². The number of alkyl halides is 3. The number of hydrogen-bond acceptors (Lipinski definition) is 1. The molecular formula is C11H11Cl3O. The quantitative estimate of drug-likeness (QED) is 0.651. The predicted molar refractivity (Wildman–Crippen MR) is 65.6 cm³/mol. The highest BCUT2D eigenvalue weighted by atomic mass is 35.6. The van der Waals surface area contributed by atoms with Gasteiger partial charge in [0.2, 0.25) is 3.79 Å². The smallest absolute Gasteiger partial charge is 0.220 e. The van der Waals surface area contributed by atoms with Crippen LogP contribution in [0, 0.1) is 0 Å². The van der Waals surface area contributed by atoms with E-state index in [1.165, 1.54) is 0 Å². The molecule has 1 aromatic rings. The second-order valence-electron chi connectivity index (χ2n) is 3.14. The fraction of sp³-hybridized carbons (Fsp3) is 0.273. The minimum absolute atomic E-state index is 0.623. The van der Waals surface area contributed by atoms with Crippen LogP contribution in [0.15, 0.2) is 36.9 Å². The fourth-order valence-corrected chi connectivity index (χ4v) is 1.67. The summed E-state index contributed by atoms with van der Waals surface area (Å²) in [5.41, 5.74) is 1.53. The van der Waals surface area contributed by atoms with Gasteiger partial charge in [0.1, 0.15) is 6.10 Å². The molecule has 0 aromatic heterocycles. The Morgan fingerprint density at radius 1 is 1.33 bits per heavy atom. The normalized spacial score (nSPS) is 13.6. The average Bonchev–Trinajstić information content (AvgIpc) is 2.17. The van der Waals surface area contributed by atoms with E-state index in [1.807, 2.05) is 12.1 Å². The lowest BCUT2D eigenvalue weighted by atomic mass is 10.0.